The number of rotatable bonds is 6. The minimum Gasteiger partial charge on any atom is -0.494 e. The summed E-state index contributed by atoms with van der Waals surface area (Å²) < 4.78 is 18.6. The SMILES string of the molecule is COc1ccc(C(=O)Nc2ccc(Nc3nc(C)cc(N(C)C)n3)cc2)cc1F. The summed E-state index contributed by atoms with van der Waals surface area (Å²) in [4.78, 5) is 23.1. The first-order valence-electron chi connectivity index (χ1n) is 8.90. The van der Waals surface area contributed by atoms with Gasteiger partial charge in [0.15, 0.2) is 11.6 Å². The molecular formula is C21H22FN5O2. The third kappa shape index (κ3) is 4.98. The highest BCUT2D eigenvalue weighted by Crippen LogP contribution is 2.21. The van der Waals surface area contributed by atoms with Crippen molar-refractivity contribution in [2.24, 2.45) is 0 Å². The number of benzene rings is 2. The third-order valence-electron chi connectivity index (χ3n) is 4.11. The molecule has 0 fully saturated rings. The molecule has 2 N–H and O–H groups in total. The van der Waals surface area contributed by atoms with E-state index in [2.05, 4.69) is 20.6 Å². The maximum atomic E-state index is 13.8. The number of hydrogen-bond donors (Lipinski definition) is 2. The standard InChI is InChI=1S/C21H22FN5O2/c1-13-11-19(27(2)3)26-21(23-13)25-16-8-6-15(7-9-16)24-20(28)14-5-10-18(29-4)17(22)12-14/h5-12H,1-4H3,(H,24,28)(H,23,25,26). The Morgan fingerprint density at radius 1 is 1.03 bits per heavy atom. The summed E-state index contributed by atoms with van der Waals surface area (Å²) in [7, 11) is 5.20. The van der Waals surface area contributed by atoms with Crippen LogP contribution in [0.2, 0.25) is 0 Å². The molecule has 0 aliphatic carbocycles. The minimum atomic E-state index is -0.588. The van der Waals surface area contributed by atoms with Crippen molar-refractivity contribution in [3.63, 3.8) is 0 Å². The summed E-state index contributed by atoms with van der Waals surface area (Å²) in [6.07, 6.45) is 0. The Bertz CT molecular complexity index is 1020. The van der Waals surface area contributed by atoms with Gasteiger partial charge >= 0.3 is 0 Å². The van der Waals surface area contributed by atoms with E-state index in [1.807, 2.05) is 32.0 Å². The monoisotopic (exact) mass is 395 g/mol. The number of aryl methyl sites for hydroxylation is 1. The molecule has 0 unspecified atom stereocenters. The number of methoxy groups -OCH3 is 1. The normalized spacial score (nSPS) is 10.4. The third-order valence-corrected chi connectivity index (χ3v) is 4.11. The number of halogens is 1. The Hall–Kier alpha value is -3.68. The van der Waals surface area contributed by atoms with Crippen LogP contribution >= 0.6 is 0 Å². The number of carbonyl (C=O) groups is 1. The number of aromatic nitrogens is 2. The molecule has 0 bridgehead atoms. The van der Waals surface area contributed by atoms with E-state index in [-0.39, 0.29) is 11.3 Å². The zero-order valence-corrected chi connectivity index (χ0v) is 16.7. The van der Waals surface area contributed by atoms with Crippen LogP contribution in [0.25, 0.3) is 0 Å². The highest BCUT2D eigenvalue weighted by molar-refractivity contribution is 6.04. The van der Waals surface area contributed by atoms with Crippen LogP contribution < -0.4 is 20.3 Å². The van der Waals surface area contributed by atoms with Crippen molar-refractivity contribution in [1.29, 1.82) is 0 Å². The molecule has 2 aromatic carbocycles. The van der Waals surface area contributed by atoms with Gasteiger partial charge in [-0.1, -0.05) is 0 Å². The lowest BCUT2D eigenvalue weighted by molar-refractivity contribution is 0.102. The molecule has 29 heavy (non-hydrogen) atoms. The second-order valence-corrected chi connectivity index (χ2v) is 6.59. The maximum Gasteiger partial charge on any atom is 0.255 e. The van der Waals surface area contributed by atoms with Crippen LogP contribution in [0.3, 0.4) is 0 Å². The van der Waals surface area contributed by atoms with Crippen LogP contribution in [0.5, 0.6) is 5.75 Å². The number of ether oxygens (including phenoxy) is 1. The summed E-state index contributed by atoms with van der Waals surface area (Å²) in [6.45, 7) is 1.90. The van der Waals surface area contributed by atoms with Crippen LogP contribution in [0.15, 0.2) is 48.5 Å². The molecule has 3 aromatic rings. The van der Waals surface area contributed by atoms with E-state index in [4.69, 9.17) is 4.74 Å². The predicted octanol–water partition coefficient (Wildman–Crippen LogP) is 3.99. The minimum absolute atomic E-state index is 0.0905. The molecule has 7 nitrogen and oxygen atoms in total. The Labute approximate surface area is 168 Å². The molecule has 8 heteroatoms. The van der Waals surface area contributed by atoms with Gasteiger partial charge in [-0.15, -0.1) is 0 Å². The van der Waals surface area contributed by atoms with Crippen LogP contribution in [0.1, 0.15) is 16.1 Å². The average Bonchev–Trinajstić information content (AvgIpc) is 2.69. The molecule has 1 aromatic heterocycles. The zero-order chi connectivity index (χ0) is 21.0. The lowest BCUT2D eigenvalue weighted by Crippen LogP contribution is -2.13. The van der Waals surface area contributed by atoms with E-state index < -0.39 is 11.7 Å². The van der Waals surface area contributed by atoms with Crippen molar-refractivity contribution in [2.45, 2.75) is 6.92 Å². The van der Waals surface area contributed by atoms with Crippen molar-refractivity contribution >= 4 is 29.0 Å². The topological polar surface area (TPSA) is 79.4 Å². The molecule has 0 spiro atoms. The molecule has 150 valence electrons. The largest absolute Gasteiger partial charge is 0.494 e. The van der Waals surface area contributed by atoms with Gasteiger partial charge in [-0.2, -0.15) is 4.98 Å². The van der Waals surface area contributed by atoms with Gasteiger partial charge in [-0.05, 0) is 49.4 Å². The summed E-state index contributed by atoms with van der Waals surface area (Å²) in [6, 6.07) is 13.0. The molecular weight excluding hydrogens is 373 g/mol. The van der Waals surface area contributed by atoms with E-state index in [0.29, 0.717) is 11.6 Å². The molecule has 0 aliphatic rings. The van der Waals surface area contributed by atoms with E-state index in [1.165, 1.54) is 19.2 Å². The Kier molecular flexibility index (Phi) is 5.92. The highest BCUT2D eigenvalue weighted by atomic mass is 19.1. The molecule has 0 aliphatic heterocycles. The second kappa shape index (κ2) is 8.55. The van der Waals surface area contributed by atoms with Gasteiger partial charge in [-0.3, -0.25) is 4.79 Å². The Morgan fingerprint density at radius 2 is 1.72 bits per heavy atom. The van der Waals surface area contributed by atoms with E-state index >= 15 is 0 Å². The first-order chi connectivity index (χ1) is 13.9. The number of anilines is 4. The smallest absolute Gasteiger partial charge is 0.255 e. The first-order valence-corrected chi connectivity index (χ1v) is 8.90. The summed E-state index contributed by atoms with van der Waals surface area (Å²) in [5, 5.41) is 5.88. The van der Waals surface area contributed by atoms with Gasteiger partial charge in [0.05, 0.1) is 7.11 Å². The fourth-order valence-electron chi connectivity index (χ4n) is 2.61. The molecule has 1 heterocycles. The van der Waals surface area contributed by atoms with Gasteiger partial charge in [0, 0.05) is 42.8 Å². The van der Waals surface area contributed by atoms with Crippen molar-refractivity contribution in [1.82, 2.24) is 9.97 Å². The van der Waals surface area contributed by atoms with Crippen LogP contribution in [-0.2, 0) is 0 Å². The predicted molar refractivity (Wildman–Crippen MR) is 112 cm³/mol. The van der Waals surface area contributed by atoms with E-state index in [0.717, 1.165) is 23.3 Å². The van der Waals surface area contributed by atoms with Crippen molar-refractivity contribution in [2.75, 3.05) is 36.7 Å². The summed E-state index contributed by atoms with van der Waals surface area (Å²) >= 11 is 0. The van der Waals surface area contributed by atoms with E-state index in [9.17, 15) is 9.18 Å². The number of hydrogen-bond acceptors (Lipinski definition) is 6. The van der Waals surface area contributed by atoms with E-state index in [1.54, 1.807) is 24.3 Å². The molecule has 0 atom stereocenters. The first kappa shape index (κ1) is 20.1. The van der Waals surface area contributed by atoms with Gasteiger partial charge < -0.3 is 20.3 Å². The van der Waals surface area contributed by atoms with Crippen LogP contribution in [0, 0.1) is 12.7 Å². The van der Waals surface area contributed by atoms with Crippen molar-refractivity contribution < 1.29 is 13.9 Å². The zero-order valence-electron chi connectivity index (χ0n) is 16.7. The Balaban J connectivity index is 1.69. The number of nitrogens with zero attached hydrogens (tertiary/aromatic N) is 3. The fourth-order valence-corrected chi connectivity index (χ4v) is 2.61. The van der Waals surface area contributed by atoms with Crippen molar-refractivity contribution in [3.8, 4) is 5.75 Å². The Morgan fingerprint density at radius 3 is 2.34 bits per heavy atom. The van der Waals surface area contributed by atoms with Crippen LogP contribution in [-0.4, -0.2) is 37.1 Å². The summed E-state index contributed by atoms with van der Waals surface area (Å²) in [5.74, 6) is 0.377. The van der Waals surface area contributed by atoms with Gasteiger partial charge in [0.25, 0.3) is 5.91 Å². The lowest BCUT2D eigenvalue weighted by Gasteiger charge is -2.14. The molecule has 3 rings (SSSR count). The second-order valence-electron chi connectivity index (χ2n) is 6.59. The van der Waals surface area contributed by atoms with Gasteiger partial charge in [0.2, 0.25) is 5.95 Å². The summed E-state index contributed by atoms with van der Waals surface area (Å²) in [5.41, 5.74) is 2.40. The number of nitrogens with one attached hydrogen (secondary N) is 2. The van der Waals surface area contributed by atoms with Crippen LogP contribution in [0.4, 0.5) is 27.5 Å². The van der Waals surface area contributed by atoms with Gasteiger partial charge in [-0.25, -0.2) is 9.37 Å². The average molecular weight is 395 g/mol. The number of carbonyl (C=O) groups excluding carboxylic acids is 1. The molecule has 0 radical (unpaired) electrons. The van der Waals surface area contributed by atoms with Crippen molar-refractivity contribution in [3.05, 3.63) is 65.6 Å². The lowest BCUT2D eigenvalue weighted by atomic mass is 10.2. The highest BCUT2D eigenvalue weighted by Gasteiger charge is 2.11. The molecule has 0 saturated carbocycles. The molecule has 1 amide bonds. The quantitative estimate of drug-likeness (QED) is 0.657. The maximum absolute atomic E-state index is 13.8. The van der Waals surface area contributed by atoms with Gasteiger partial charge in [0.1, 0.15) is 5.82 Å². The number of amides is 1. The molecule has 0 saturated heterocycles. The fraction of sp³-hybridized carbons (Fsp3) is 0.190.